The van der Waals surface area contributed by atoms with Gasteiger partial charge in [-0.1, -0.05) is 18.2 Å². The summed E-state index contributed by atoms with van der Waals surface area (Å²) in [6, 6.07) is 16.9. The van der Waals surface area contributed by atoms with Crippen molar-refractivity contribution in [1.29, 1.82) is 0 Å². The van der Waals surface area contributed by atoms with Gasteiger partial charge in [-0.2, -0.15) is 0 Å². The van der Waals surface area contributed by atoms with Crippen LogP contribution in [0.15, 0.2) is 72.2 Å². The first-order chi connectivity index (χ1) is 16.1. The highest BCUT2D eigenvalue weighted by Crippen LogP contribution is 2.37. The van der Waals surface area contributed by atoms with Crippen molar-refractivity contribution in [3.05, 3.63) is 78.1 Å². The third-order valence-electron chi connectivity index (χ3n) is 5.04. The molecule has 0 unspecified atom stereocenters. The number of ether oxygens (including phenoxy) is 1. The molecule has 2 aromatic carbocycles. The lowest BCUT2D eigenvalue weighted by Gasteiger charge is -2.29. The molecule has 1 N–H and O–H groups in total. The molecule has 7 nitrogen and oxygen atoms in total. The second kappa shape index (κ2) is 8.79. The second-order valence-corrected chi connectivity index (χ2v) is 8.09. The smallest absolute Gasteiger partial charge is 0.265 e. The fraction of sp³-hybridized carbons (Fsp3) is 0.0833. The minimum absolute atomic E-state index is 0.0571. The molecule has 0 saturated carbocycles. The number of nitrogens with one attached hydrogen (secondary N) is 1. The van der Waals surface area contributed by atoms with Crippen molar-refractivity contribution in [2.75, 3.05) is 23.4 Å². The van der Waals surface area contributed by atoms with Crippen LogP contribution in [0.5, 0.6) is 5.75 Å². The fourth-order valence-electron chi connectivity index (χ4n) is 3.44. The zero-order valence-corrected chi connectivity index (χ0v) is 18.0. The first kappa shape index (κ1) is 20.8. The molecule has 0 atom stereocenters. The first-order valence-electron chi connectivity index (χ1n) is 10.1. The normalized spacial score (nSPS) is 12.8. The summed E-state index contributed by atoms with van der Waals surface area (Å²) in [7, 11) is 0. The van der Waals surface area contributed by atoms with Crippen LogP contribution in [0.4, 0.5) is 15.8 Å². The minimum Gasteiger partial charge on any atom is -0.482 e. The molecule has 0 radical (unpaired) electrons. The van der Waals surface area contributed by atoms with Gasteiger partial charge in [-0.15, -0.1) is 11.3 Å². The van der Waals surface area contributed by atoms with Crippen LogP contribution in [0.3, 0.4) is 0 Å². The molecule has 0 bridgehead atoms. The summed E-state index contributed by atoms with van der Waals surface area (Å²) < 4.78 is 19.4. The Morgan fingerprint density at radius 3 is 2.79 bits per heavy atom. The van der Waals surface area contributed by atoms with Crippen molar-refractivity contribution in [3.8, 4) is 27.7 Å². The number of nitrogens with zero attached hydrogens (tertiary/aromatic N) is 3. The van der Waals surface area contributed by atoms with Gasteiger partial charge in [0.1, 0.15) is 23.1 Å². The summed E-state index contributed by atoms with van der Waals surface area (Å²) in [6.07, 6.45) is 1.71. The fourth-order valence-corrected chi connectivity index (χ4v) is 4.25. The summed E-state index contributed by atoms with van der Waals surface area (Å²) in [6.45, 7) is -0.455. The standard InChI is InChI=1S/C24H17FN4O3S/c25-16-5-1-2-6-17(16)27-22(30)12-29-20-11-15(8-9-21(20)32-13-23(29)31)19-14-33-24(28-19)18-7-3-4-10-26-18/h1-11,14H,12-13H2,(H,27,30). The maximum absolute atomic E-state index is 13.9. The van der Waals surface area contributed by atoms with Gasteiger partial charge < -0.3 is 10.1 Å². The van der Waals surface area contributed by atoms with Gasteiger partial charge in [0.15, 0.2) is 6.61 Å². The third-order valence-corrected chi connectivity index (χ3v) is 5.90. The molecule has 33 heavy (non-hydrogen) atoms. The Balaban J connectivity index is 1.41. The molecule has 5 rings (SSSR count). The molecular weight excluding hydrogens is 443 g/mol. The van der Waals surface area contributed by atoms with Crippen LogP contribution in [-0.4, -0.2) is 34.9 Å². The predicted molar refractivity (Wildman–Crippen MR) is 124 cm³/mol. The Labute approximate surface area is 192 Å². The molecule has 0 aliphatic carbocycles. The average Bonchev–Trinajstić information content (AvgIpc) is 3.33. The largest absolute Gasteiger partial charge is 0.482 e. The summed E-state index contributed by atoms with van der Waals surface area (Å²) in [5.41, 5.74) is 2.78. The lowest BCUT2D eigenvalue weighted by molar-refractivity contribution is -0.123. The minimum atomic E-state index is -0.547. The number of benzene rings is 2. The van der Waals surface area contributed by atoms with Crippen LogP contribution in [0.1, 0.15) is 0 Å². The van der Waals surface area contributed by atoms with E-state index in [-0.39, 0.29) is 24.7 Å². The van der Waals surface area contributed by atoms with Gasteiger partial charge in [0.25, 0.3) is 5.91 Å². The zero-order valence-electron chi connectivity index (χ0n) is 17.2. The van der Waals surface area contributed by atoms with Crippen molar-refractivity contribution < 1.29 is 18.7 Å². The number of aromatic nitrogens is 2. The van der Waals surface area contributed by atoms with Gasteiger partial charge in [-0.3, -0.25) is 19.5 Å². The van der Waals surface area contributed by atoms with Gasteiger partial charge in [0, 0.05) is 17.1 Å². The molecule has 2 aromatic heterocycles. The highest BCUT2D eigenvalue weighted by Gasteiger charge is 2.28. The molecule has 2 amide bonds. The molecular formula is C24H17FN4O3S. The molecule has 0 spiro atoms. The molecule has 1 aliphatic heterocycles. The number of pyridine rings is 1. The van der Waals surface area contributed by atoms with Gasteiger partial charge in [0.05, 0.1) is 22.8 Å². The maximum atomic E-state index is 13.9. The summed E-state index contributed by atoms with van der Waals surface area (Å²) in [4.78, 5) is 35.5. The van der Waals surface area contributed by atoms with Crippen LogP contribution in [-0.2, 0) is 9.59 Å². The summed E-state index contributed by atoms with van der Waals surface area (Å²) in [5.74, 6) is -0.945. The van der Waals surface area contributed by atoms with E-state index in [0.717, 1.165) is 22.0 Å². The van der Waals surface area contributed by atoms with Crippen LogP contribution in [0.25, 0.3) is 22.0 Å². The van der Waals surface area contributed by atoms with E-state index in [9.17, 15) is 14.0 Å². The number of fused-ring (bicyclic) bond motifs is 1. The lowest BCUT2D eigenvalue weighted by Crippen LogP contribution is -2.43. The van der Waals surface area contributed by atoms with Crippen molar-refractivity contribution >= 4 is 34.5 Å². The lowest BCUT2D eigenvalue weighted by atomic mass is 10.1. The Hall–Kier alpha value is -4.11. The topological polar surface area (TPSA) is 84.4 Å². The molecule has 3 heterocycles. The van der Waals surface area contributed by atoms with Crippen LogP contribution < -0.4 is 15.0 Å². The highest BCUT2D eigenvalue weighted by atomic mass is 32.1. The maximum Gasteiger partial charge on any atom is 0.265 e. The van der Waals surface area contributed by atoms with E-state index in [2.05, 4.69) is 15.3 Å². The van der Waals surface area contributed by atoms with Crippen LogP contribution in [0, 0.1) is 5.82 Å². The number of para-hydroxylation sites is 1. The Kier molecular flexibility index (Phi) is 5.54. The Morgan fingerprint density at radius 1 is 1.12 bits per heavy atom. The number of halogens is 1. The van der Waals surface area contributed by atoms with Crippen LogP contribution >= 0.6 is 11.3 Å². The predicted octanol–water partition coefficient (Wildman–Crippen LogP) is 4.38. The quantitative estimate of drug-likeness (QED) is 0.478. The third kappa shape index (κ3) is 4.31. The summed E-state index contributed by atoms with van der Waals surface area (Å²) in [5, 5.41) is 5.19. The molecule has 0 fully saturated rings. The first-order valence-corrected chi connectivity index (χ1v) is 11.0. The van der Waals surface area contributed by atoms with E-state index in [4.69, 9.17) is 4.74 Å². The number of amides is 2. The Morgan fingerprint density at radius 2 is 1.97 bits per heavy atom. The van der Waals surface area contributed by atoms with Crippen molar-refractivity contribution in [2.24, 2.45) is 0 Å². The molecule has 9 heteroatoms. The zero-order chi connectivity index (χ0) is 22.8. The molecule has 4 aromatic rings. The van der Waals surface area contributed by atoms with E-state index < -0.39 is 11.7 Å². The SMILES string of the molecule is O=C(CN1C(=O)COc2ccc(-c3csc(-c4ccccn4)n3)cc21)Nc1ccccc1F. The molecule has 1 aliphatic rings. The number of carbonyl (C=O) groups excluding carboxylic acids is 2. The van der Waals surface area contributed by atoms with Gasteiger partial charge in [-0.05, 0) is 42.5 Å². The van der Waals surface area contributed by atoms with Crippen molar-refractivity contribution in [1.82, 2.24) is 9.97 Å². The van der Waals surface area contributed by atoms with E-state index in [1.165, 1.54) is 34.4 Å². The van der Waals surface area contributed by atoms with Gasteiger partial charge in [0.2, 0.25) is 5.91 Å². The molecule has 164 valence electrons. The van der Waals surface area contributed by atoms with E-state index in [1.807, 2.05) is 29.6 Å². The number of anilines is 2. The average molecular weight is 460 g/mol. The van der Waals surface area contributed by atoms with E-state index >= 15 is 0 Å². The molecule has 0 saturated heterocycles. The summed E-state index contributed by atoms with van der Waals surface area (Å²) >= 11 is 1.46. The number of hydrogen-bond acceptors (Lipinski definition) is 6. The number of carbonyl (C=O) groups is 2. The van der Waals surface area contributed by atoms with E-state index in [1.54, 1.807) is 24.4 Å². The number of rotatable bonds is 5. The van der Waals surface area contributed by atoms with Gasteiger partial charge in [-0.25, -0.2) is 9.37 Å². The second-order valence-electron chi connectivity index (χ2n) is 7.23. The van der Waals surface area contributed by atoms with E-state index in [0.29, 0.717) is 11.4 Å². The monoisotopic (exact) mass is 460 g/mol. The highest BCUT2D eigenvalue weighted by molar-refractivity contribution is 7.13. The number of thiazole rings is 1. The Bertz CT molecular complexity index is 1340. The van der Waals surface area contributed by atoms with Crippen molar-refractivity contribution in [3.63, 3.8) is 0 Å². The number of hydrogen-bond donors (Lipinski definition) is 1. The van der Waals surface area contributed by atoms with Gasteiger partial charge >= 0.3 is 0 Å². The van der Waals surface area contributed by atoms with Crippen molar-refractivity contribution in [2.45, 2.75) is 0 Å². The van der Waals surface area contributed by atoms with Crippen LogP contribution in [0.2, 0.25) is 0 Å².